The first kappa shape index (κ1) is 9.69. The van der Waals surface area contributed by atoms with Gasteiger partial charge in [0.15, 0.2) is 0 Å². The number of nitrogens with zero attached hydrogens (tertiary/aromatic N) is 3. The molecule has 1 aliphatic carbocycles. The summed E-state index contributed by atoms with van der Waals surface area (Å²) in [5, 5.41) is 8.35. The zero-order valence-corrected chi connectivity index (χ0v) is 9.16. The minimum atomic E-state index is 0.850. The maximum Gasteiger partial charge on any atom is 0.0859 e. The molecule has 3 heteroatoms. The predicted molar refractivity (Wildman–Crippen MR) is 56.0 cm³/mol. The molecule has 0 bridgehead atoms. The Morgan fingerprint density at radius 1 is 1.21 bits per heavy atom. The van der Waals surface area contributed by atoms with Crippen LogP contribution in [0.5, 0.6) is 0 Å². The highest BCUT2D eigenvalue weighted by Gasteiger charge is 2.14. The highest BCUT2D eigenvalue weighted by molar-refractivity contribution is 5.10. The summed E-state index contributed by atoms with van der Waals surface area (Å²) in [4.78, 5) is 0. The highest BCUT2D eigenvalue weighted by atomic mass is 15.4. The van der Waals surface area contributed by atoms with Crippen molar-refractivity contribution < 1.29 is 0 Å². The van der Waals surface area contributed by atoms with Crippen molar-refractivity contribution in [2.75, 3.05) is 0 Å². The van der Waals surface area contributed by atoms with E-state index in [1.54, 1.807) is 0 Å². The van der Waals surface area contributed by atoms with E-state index in [9.17, 15) is 0 Å². The Labute approximate surface area is 85.5 Å². The highest BCUT2D eigenvalue weighted by Crippen LogP contribution is 2.20. The summed E-state index contributed by atoms with van der Waals surface area (Å²) in [6.45, 7) is 2.35. The minimum Gasteiger partial charge on any atom is -0.252 e. The molecule has 0 radical (unpaired) electrons. The molecule has 1 aromatic heterocycles. The second kappa shape index (κ2) is 4.11. The summed E-state index contributed by atoms with van der Waals surface area (Å²) < 4.78 is 1.95. The quantitative estimate of drug-likeness (QED) is 0.632. The topological polar surface area (TPSA) is 30.7 Å². The van der Waals surface area contributed by atoms with E-state index >= 15 is 0 Å². The van der Waals surface area contributed by atoms with Crippen LogP contribution in [0, 0.1) is 5.92 Å². The molecule has 0 aliphatic heterocycles. The fourth-order valence-electron chi connectivity index (χ4n) is 2.23. The SMILES string of the molecule is CC1CCCCc2c(nnn2C)CC1. The fraction of sp³-hybridized carbons (Fsp3) is 0.818. The fourth-order valence-corrected chi connectivity index (χ4v) is 2.23. The van der Waals surface area contributed by atoms with Gasteiger partial charge in [-0.05, 0) is 31.6 Å². The molecule has 78 valence electrons. The molecule has 2 rings (SSSR count). The van der Waals surface area contributed by atoms with Crippen LogP contribution in [0.2, 0.25) is 0 Å². The van der Waals surface area contributed by atoms with Gasteiger partial charge in [0.25, 0.3) is 0 Å². The van der Waals surface area contributed by atoms with Gasteiger partial charge in [-0.25, -0.2) is 0 Å². The van der Waals surface area contributed by atoms with Gasteiger partial charge < -0.3 is 0 Å². The summed E-state index contributed by atoms with van der Waals surface area (Å²) in [7, 11) is 2.01. The van der Waals surface area contributed by atoms with Gasteiger partial charge in [-0.15, -0.1) is 5.10 Å². The lowest BCUT2D eigenvalue weighted by Gasteiger charge is -2.07. The normalized spacial score (nSPS) is 23.4. The monoisotopic (exact) mass is 193 g/mol. The van der Waals surface area contributed by atoms with Crippen LogP contribution in [0.15, 0.2) is 0 Å². The van der Waals surface area contributed by atoms with Gasteiger partial charge in [0.2, 0.25) is 0 Å². The molecule has 1 aromatic rings. The molecule has 0 saturated heterocycles. The van der Waals surface area contributed by atoms with Crippen LogP contribution in [0.3, 0.4) is 0 Å². The Morgan fingerprint density at radius 3 is 2.93 bits per heavy atom. The zero-order chi connectivity index (χ0) is 9.97. The third-order valence-corrected chi connectivity index (χ3v) is 3.26. The van der Waals surface area contributed by atoms with Gasteiger partial charge in [0.1, 0.15) is 0 Å². The summed E-state index contributed by atoms with van der Waals surface area (Å²) in [5.74, 6) is 0.850. The second-order valence-electron chi connectivity index (χ2n) is 4.50. The molecule has 1 aliphatic rings. The predicted octanol–water partition coefficient (Wildman–Crippen LogP) is 2.11. The maximum absolute atomic E-state index is 4.25. The smallest absolute Gasteiger partial charge is 0.0859 e. The van der Waals surface area contributed by atoms with Crippen molar-refractivity contribution in [2.24, 2.45) is 13.0 Å². The third-order valence-electron chi connectivity index (χ3n) is 3.26. The van der Waals surface area contributed by atoms with Crippen LogP contribution in [0.4, 0.5) is 0 Å². The molecule has 3 nitrogen and oxygen atoms in total. The van der Waals surface area contributed by atoms with E-state index in [0.717, 1.165) is 18.8 Å². The van der Waals surface area contributed by atoms with Gasteiger partial charge in [0, 0.05) is 7.05 Å². The minimum absolute atomic E-state index is 0.850. The Morgan fingerprint density at radius 2 is 2.07 bits per heavy atom. The summed E-state index contributed by atoms with van der Waals surface area (Å²) in [6.07, 6.45) is 7.56. The van der Waals surface area contributed by atoms with Crippen LogP contribution in [-0.4, -0.2) is 15.0 Å². The van der Waals surface area contributed by atoms with Crippen molar-refractivity contribution in [3.63, 3.8) is 0 Å². The van der Waals surface area contributed by atoms with E-state index in [1.165, 1.54) is 37.1 Å². The first-order valence-electron chi connectivity index (χ1n) is 5.65. The Hall–Kier alpha value is -0.860. The largest absolute Gasteiger partial charge is 0.252 e. The lowest BCUT2D eigenvalue weighted by Crippen LogP contribution is -2.00. The zero-order valence-electron chi connectivity index (χ0n) is 9.16. The number of aromatic nitrogens is 3. The molecule has 0 N–H and O–H groups in total. The number of rotatable bonds is 0. The van der Waals surface area contributed by atoms with E-state index in [4.69, 9.17) is 0 Å². The molecule has 14 heavy (non-hydrogen) atoms. The summed E-state index contributed by atoms with van der Waals surface area (Å²) in [6, 6.07) is 0. The molecular formula is C11H19N3. The average molecular weight is 193 g/mol. The average Bonchev–Trinajstić information content (AvgIpc) is 2.54. The van der Waals surface area contributed by atoms with Gasteiger partial charge in [0.05, 0.1) is 11.4 Å². The Balaban J connectivity index is 2.17. The third kappa shape index (κ3) is 1.97. The molecule has 0 aromatic carbocycles. The van der Waals surface area contributed by atoms with E-state index in [2.05, 4.69) is 17.2 Å². The van der Waals surface area contributed by atoms with Crippen LogP contribution in [0.25, 0.3) is 0 Å². The molecule has 0 spiro atoms. The Bertz CT molecular complexity index is 303. The molecule has 1 heterocycles. The van der Waals surface area contributed by atoms with Crippen molar-refractivity contribution >= 4 is 0 Å². The lowest BCUT2D eigenvalue weighted by atomic mass is 9.99. The van der Waals surface area contributed by atoms with Gasteiger partial charge in [-0.2, -0.15) is 0 Å². The number of fused-ring (bicyclic) bond motifs is 1. The lowest BCUT2D eigenvalue weighted by molar-refractivity contribution is 0.469. The summed E-state index contributed by atoms with van der Waals surface area (Å²) >= 11 is 0. The first-order chi connectivity index (χ1) is 6.77. The van der Waals surface area contributed by atoms with E-state index in [-0.39, 0.29) is 0 Å². The van der Waals surface area contributed by atoms with Crippen molar-refractivity contribution in [1.29, 1.82) is 0 Å². The maximum atomic E-state index is 4.25. The van der Waals surface area contributed by atoms with Crippen molar-refractivity contribution in [3.05, 3.63) is 11.4 Å². The van der Waals surface area contributed by atoms with E-state index < -0.39 is 0 Å². The number of hydrogen-bond donors (Lipinski definition) is 0. The van der Waals surface area contributed by atoms with Crippen LogP contribution < -0.4 is 0 Å². The van der Waals surface area contributed by atoms with Gasteiger partial charge >= 0.3 is 0 Å². The van der Waals surface area contributed by atoms with Gasteiger partial charge in [-0.3, -0.25) is 4.68 Å². The van der Waals surface area contributed by atoms with Crippen molar-refractivity contribution in [3.8, 4) is 0 Å². The standard InChI is InChI=1S/C11H19N3/c1-9-5-3-4-6-11-10(8-7-9)12-13-14(11)2/h9H,3-8H2,1-2H3. The van der Waals surface area contributed by atoms with Crippen molar-refractivity contribution in [2.45, 2.75) is 45.4 Å². The molecule has 1 atom stereocenters. The first-order valence-corrected chi connectivity index (χ1v) is 5.65. The molecule has 0 saturated carbocycles. The van der Waals surface area contributed by atoms with Crippen LogP contribution in [-0.2, 0) is 19.9 Å². The number of hydrogen-bond acceptors (Lipinski definition) is 2. The van der Waals surface area contributed by atoms with Crippen molar-refractivity contribution in [1.82, 2.24) is 15.0 Å². The Kier molecular flexibility index (Phi) is 2.85. The molecule has 0 amide bonds. The van der Waals surface area contributed by atoms with Crippen LogP contribution in [0.1, 0.15) is 44.0 Å². The number of aryl methyl sites for hydroxylation is 2. The molecular weight excluding hydrogens is 174 g/mol. The van der Waals surface area contributed by atoms with Crippen LogP contribution >= 0.6 is 0 Å². The van der Waals surface area contributed by atoms with Gasteiger partial charge in [-0.1, -0.05) is 25.0 Å². The van der Waals surface area contributed by atoms with E-state index in [1.807, 2.05) is 11.7 Å². The molecule has 0 fully saturated rings. The second-order valence-corrected chi connectivity index (χ2v) is 4.50. The summed E-state index contributed by atoms with van der Waals surface area (Å²) in [5.41, 5.74) is 2.60. The van der Waals surface area contributed by atoms with E-state index in [0.29, 0.717) is 0 Å². The molecule has 1 unspecified atom stereocenters.